The summed E-state index contributed by atoms with van der Waals surface area (Å²) in [7, 11) is 0. The van der Waals surface area contributed by atoms with Crippen molar-refractivity contribution in [2.24, 2.45) is 11.8 Å². The average Bonchev–Trinajstić information content (AvgIpc) is 1.66. The van der Waals surface area contributed by atoms with Gasteiger partial charge in [0.1, 0.15) is 0 Å². The number of hydrogen-bond donors (Lipinski definition) is 0. The third-order valence-electron chi connectivity index (χ3n) is 0. The van der Waals surface area contributed by atoms with Crippen LogP contribution >= 0.6 is 19.0 Å². The Bertz CT molecular complexity index is 24.7. The SMILES string of the molecule is [Ag][I].[CH2-]C(C)C.[CH2-]C(C)C. The van der Waals surface area contributed by atoms with Crippen LogP contribution in [0.15, 0.2) is 0 Å². The van der Waals surface area contributed by atoms with Gasteiger partial charge in [-0.2, -0.15) is 11.8 Å². The summed E-state index contributed by atoms with van der Waals surface area (Å²) < 4.78 is 0. The second kappa shape index (κ2) is 16.8. The zero-order valence-electron chi connectivity index (χ0n) is 7.25. The molecule has 70 valence electrons. The van der Waals surface area contributed by atoms with E-state index >= 15 is 0 Å². The summed E-state index contributed by atoms with van der Waals surface area (Å²) in [4.78, 5) is 0. The van der Waals surface area contributed by atoms with E-state index in [1.807, 2.05) is 19.0 Å². The molecule has 0 fully saturated rings. The fourth-order valence-corrected chi connectivity index (χ4v) is 0. The fraction of sp³-hybridized carbons (Fsp3) is 0.750. The van der Waals surface area contributed by atoms with Gasteiger partial charge in [0.05, 0.1) is 0 Å². The van der Waals surface area contributed by atoms with Crippen molar-refractivity contribution in [1.82, 2.24) is 0 Å². The minimum absolute atomic E-state index is 0.583. The standard InChI is InChI=1S/2C4H9.Ag.HI/c2*1-4(2)3;;/h2*4H,1H2,2-3H3;;1H/q2*-1;+1;/p-1. The van der Waals surface area contributed by atoms with Crippen molar-refractivity contribution < 1.29 is 17.3 Å². The monoisotopic (exact) mass is 348 g/mol. The molecule has 0 spiro atoms. The summed E-state index contributed by atoms with van der Waals surface area (Å²) in [6, 6.07) is 0. The summed E-state index contributed by atoms with van der Waals surface area (Å²) in [5, 5.41) is 0. The smallest absolute Gasteiger partial charge is 0.0903 e. The molecule has 0 aliphatic heterocycles. The van der Waals surface area contributed by atoms with Crippen molar-refractivity contribution >= 4 is 19.0 Å². The first-order valence-corrected chi connectivity index (χ1v) is 7.65. The molecule has 0 bridgehead atoms. The van der Waals surface area contributed by atoms with E-state index in [0.717, 1.165) is 0 Å². The van der Waals surface area contributed by atoms with Crippen LogP contribution in [0.5, 0.6) is 0 Å². The molecule has 0 aromatic rings. The molecule has 0 unspecified atom stereocenters. The van der Waals surface area contributed by atoms with Gasteiger partial charge in [-0.3, -0.25) is 0 Å². The second-order valence-electron chi connectivity index (χ2n) is 2.79. The van der Waals surface area contributed by atoms with Gasteiger partial charge in [-0.05, 0) is 0 Å². The molecule has 0 radical (unpaired) electrons. The van der Waals surface area contributed by atoms with E-state index in [-0.39, 0.29) is 0 Å². The average molecular weight is 349 g/mol. The van der Waals surface area contributed by atoms with E-state index < -0.39 is 0 Å². The van der Waals surface area contributed by atoms with Crippen molar-refractivity contribution in [2.75, 3.05) is 0 Å². The maximum absolute atomic E-state index is 3.64. The van der Waals surface area contributed by atoms with Crippen LogP contribution in [0.25, 0.3) is 0 Å². The minimum Gasteiger partial charge on any atom is -0.341 e. The van der Waals surface area contributed by atoms with Gasteiger partial charge in [0.2, 0.25) is 0 Å². The predicted octanol–water partition coefficient (Wildman–Crippen LogP) is 3.84. The molecule has 0 saturated carbocycles. The van der Waals surface area contributed by atoms with Crippen LogP contribution in [0.2, 0.25) is 0 Å². The van der Waals surface area contributed by atoms with Gasteiger partial charge >= 0.3 is 36.3 Å². The van der Waals surface area contributed by atoms with Gasteiger partial charge in [-0.15, -0.1) is 0 Å². The molecule has 0 aliphatic rings. The van der Waals surface area contributed by atoms with Gasteiger partial charge < -0.3 is 13.8 Å². The van der Waals surface area contributed by atoms with E-state index in [0.29, 0.717) is 11.8 Å². The van der Waals surface area contributed by atoms with Crippen molar-refractivity contribution in [3.8, 4) is 0 Å². The van der Waals surface area contributed by atoms with Crippen LogP contribution in [0, 0.1) is 25.7 Å². The summed E-state index contributed by atoms with van der Waals surface area (Å²) in [5.41, 5.74) is 0. The van der Waals surface area contributed by atoms with Crippen molar-refractivity contribution in [3.63, 3.8) is 0 Å². The van der Waals surface area contributed by atoms with E-state index in [4.69, 9.17) is 0 Å². The number of rotatable bonds is 0. The molecule has 0 N–H and O–H groups in total. The van der Waals surface area contributed by atoms with Crippen LogP contribution in [-0.2, 0) is 17.3 Å². The quantitative estimate of drug-likeness (QED) is 0.354. The summed E-state index contributed by atoms with van der Waals surface area (Å²) in [6.07, 6.45) is 0. The molecule has 0 nitrogen and oxygen atoms in total. The molecular weight excluding hydrogens is 331 g/mol. The topological polar surface area (TPSA) is 0 Å². The third kappa shape index (κ3) is 314. The largest absolute Gasteiger partial charge is 0.341 e. The van der Waals surface area contributed by atoms with Crippen LogP contribution < -0.4 is 0 Å². The van der Waals surface area contributed by atoms with E-state index in [1.165, 1.54) is 0 Å². The van der Waals surface area contributed by atoms with E-state index in [9.17, 15) is 0 Å². The second-order valence-corrected chi connectivity index (χ2v) is 2.79. The van der Waals surface area contributed by atoms with Crippen molar-refractivity contribution in [3.05, 3.63) is 13.8 Å². The molecule has 0 amide bonds. The molecule has 0 aliphatic carbocycles. The maximum Gasteiger partial charge on any atom is -0.0903 e. The predicted molar refractivity (Wildman–Crippen MR) is 54.4 cm³/mol. The summed E-state index contributed by atoms with van der Waals surface area (Å²) >= 11 is 4.88. The fourth-order valence-electron chi connectivity index (χ4n) is 0. The van der Waals surface area contributed by atoms with Crippen LogP contribution in [0.4, 0.5) is 0 Å². The molecular formula is C8H18AgI-2. The van der Waals surface area contributed by atoms with Gasteiger partial charge in [0.15, 0.2) is 0 Å². The van der Waals surface area contributed by atoms with Gasteiger partial charge in [-0.25, -0.2) is 0 Å². The summed E-state index contributed by atoms with van der Waals surface area (Å²) in [6.45, 7) is 15.5. The third-order valence-corrected chi connectivity index (χ3v) is 0. The van der Waals surface area contributed by atoms with Crippen molar-refractivity contribution in [1.29, 1.82) is 0 Å². The molecule has 0 saturated heterocycles. The van der Waals surface area contributed by atoms with Gasteiger partial charge in [-0.1, -0.05) is 27.7 Å². The first-order chi connectivity index (χ1) is 4.46. The first-order valence-electron chi connectivity index (χ1n) is 3.24. The van der Waals surface area contributed by atoms with Crippen LogP contribution in [-0.4, -0.2) is 0 Å². The first kappa shape index (κ1) is 17.5. The van der Waals surface area contributed by atoms with E-state index in [2.05, 4.69) is 58.8 Å². The zero-order chi connectivity index (χ0) is 9.15. The van der Waals surface area contributed by atoms with Gasteiger partial charge in [0, 0.05) is 0 Å². The Hall–Kier alpha value is 1.47. The molecule has 0 heterocycles. The number of hydrogen-bond acceptors (Lipinski definition) is 0. The molecule has 2 heteroatoms. The molecule has 0 rings (SSSR count). The van der Waals surface area contributed by atoms with Crippen LogP contribution in [0.3, 0.4) is 0 Å². The molecule has 0 aromatic carbocycles. The Morgan fingerprint density at radius 3 is 0.900 bits per heavy atom. The van der Waals surface area contributed by atoms with Crippen LogP contribution in [0.1, 0.15) is 27.7 Å². The summed E-state index contributed by atoms with van der Waals surface area (Å²) in [5.74, 6) is 1.17. The Labute approximate surface area is 89.0 Å². The Morgan fingerprint density at radius 1 is 0.900 bits per heavy atom. The zero-order valence-corrected chi connectivity index (χ0v) is 10.9. The van der Waals surface area contributed by atoms with Gasteiger partial charge in [0.25, 0.3) is 0 Å². The van der Waals surface area contributed by atoms with E-state index in [1.54, 1.807) is 0 Å². The Kier molecular flexibility index (Phi) is 29.5. The normalized spacial score (nSPS) is 7.90. The molecule has 0 atom stereocenters. The number of halogens is 1. The molecule has 0 aromatic heterocycles. The Morgan fingerprint density at radius 2 is 0.900 bits per heavy atom. The Balaban J connectivity index is -0.0000000787. The maximum atomic E-state index is 3.64. The van der Waals surface area contributed by atoms with Crippen molar-refractivity contribution in [2.45, 2.75) is 27.7 Å². The molecule has 10 heavy (non-hydrogen) atoms. The minimum atomic E-state index is 0.583.